The first-order chi connectivity index (χ1) is 11.8. The third-order valence-corrected chi connectivity index (χ3v) is 5.78. The van der Waals surface area contributed by atoms with Gasteiger partial charge in [-0.3, -0.25) is 4.79 Å². The van der Waals surface area contributed by atoms with Crippen LogP contribution in [0.2, 0.25) is 0 Å². The Morgan fingerprint density at radius 2 is 1.60 bits per heavy atom. The second-order valence-corrected chi connectivity index (χ2v) is 8.49. The number of carbonyl (C=O) groups excluding carboxylic acids is 1. The van der Waals surface area contributed by atoms with Gasteiger partial charge < -0.3 is 4.74 Å². The van der Waals surface area contributed by atoms with Crippen molar-refractivity contribution in [1.29, 1.82) is 0 Å². The Balaban J connectivity index is 1.92. The van der Waals surface area contributed by atoms with E-state index in [1.165, 1.54) is 0 Å². The fourth-order valence-electron chi connectivity index (χ4n) is 2.62. The number of rotatable bonds is 7. The van der Waals surface area contributed by atoms with Crippen LogP contribution in [0.4, 0.5) is 0 Å². The van der Waals surface area contributed by atoms with Crippen LogP contribution in [-0.2, 0) is 21.1 Å². The van der Waals surface area contributed by atoms with Crippen molar-refractivity contribution in [3.8, 4) is 5.75 Å². The summed E-state index contributed by atoms with van der Waals surface area (Å²) in [7, 11) is -3.48. The maximum absolute atomic E-state index is 12.2. The molecule has 0 saturated heterocycles. The molecule has 134 valence electrons. The number of sulfone groups is 1. The van der Waals surface area contributed by atoms with Crippen molar-refractivity contribution >= 4 is 15.8 Å². The molecule has 0 aliphatic rings. The zero-order chi connectivity index (χ0) is 18.4. The van der Waals surface area contributed by atoms with E-state index in [0.29, 0.717) is 18.6 Å². The maximum Gasteiger partial charge on any atom is 0.326 e. The first kappa shape index (κ1) is 19.2. The molecule has 4 nitrogen and oxygen atoms in total. The van der Waals surface area contributed by atoms with Crippen molar-refractivity contribution in [2.75, 3.05) is 11.5 Å². The average Bonchev–Trinajstić information content (AvgIpc) is 2.55. The van der Waals surface area contributed by atoms with Crippen LogP contribution >= 0.6 is 0 Å². The van der Waals surface area contributed by atoms with Crippen molar-refractivity contribution in [3.63, 3.8) is 0 Å². The molecule has 0 radical (unpaired) electrons. The fraction of sp³-hybridized carbons (Fsp3) is 0.350. The standard InChI is InChI=1S/C20H24O4S/c1-15-11-12-16(2)20(17(15)3)24-19(21)14-25(22,23)13-7-10-18-8-5-4-6-9-18/h4-6,8-9,11-12H,7,10,13-14H2,1-3H3. The summed E-state index contributed by atoms with van der Waals surface area (Å²) < 4.78 is 29.7. The minimum atomic E-state index is -3.48. The molecule has 0 fully saturated rings. The maximum atomic E-state index is 12.2. The molecule has 0 spiro atoms. The highest BCUT2D eigenvalue weighted by molar-refractivity contribution is 7.92. The van der Waals surface area contributed by atoms with Crippen LogP contribution in [0.15, 0.2) is 42.5 Å². The number of esters is 1. The lowest BCUT2D eigenvalue weighted by atomic mass is 10.1. The third kappa shape index (κ3) is 5.71. The summed E-state index contributed by atoms with van der Waals surface area (Å²) in [6.45, 7) is 5.62. The predicted molar refractivity (Wildman–Crippen MR) is 99.7 cm³/mol. The molecule has 0 N–H and O–H groups in total. The first-order valence-electron chi connectivity index (χ1n) is 8.30. The topological polar surface area (TPSA) is 60.4 Å². The van der Waals surface area contributed by atoms with Crippen LogP contribution in [0.3, 0.4) is 0 Å². The molecule has 25 heavy (non-hydrogen) atoms. The second-order valence-electron chi connectivity index (χ2n) is 6.31. The monoisotopic (exact) mass is 360 g/mol. The Hall–Kier alpha value is -2.14. The number of aryl methyl sites for hydroxylation is 3. The summed E-state index contributed by atoms with van der Waals surface area (Å²) in [5, 5.41) is 0. The minimum absolute atomic E-state index is 0.0250. The molecule has 2 aromatic carbocycles. The highest BCUT2D eigenvalue weighted by atomic mass is 32.2. The van der Waals surface area contributed by atoms with Crippen LogP contribution in [-0.4, -0.2) is 25.9 Å². The molecule has 0 bridgehead atoms. The average molecular weight is 360 g/mol. The molecule has 0 unspecified atom stereocenters. The van der Waals surface area contributed by atoms with Gasteiger partial charge >= 0.3 is 5.97 Å². The molecular formula is C20H24O4S. The molecular weight excluding hydrogens is 336 g/mol. The van der Waals surface area contributed by atoms with Crippen LogP contribution in [0, 0.1) is 20.8 Å². The van der Waals surface area contributed by atoms with E-state index in [0.717, 1.165) is 22.3 Å². The molecule has 0 saturated carbocycles. The van der Waals surface area contributed by atoms with Gasteiger partial charge in [0.05, 0.1) is 5.75 Å². The predicted octanol–water partition coefficient (Wildman–Crippen LogP) is 3.56. The van der Waals surface area contributed by atoms with Gasteiger partial charge in [0.15, 0.2) is 9.84 Å². The van der Waals surface area contributed by atoms with Crippen molar-refractivity contribution in [2.24, 2.45) is 0 Å². The summed E-state index contributed by atoms with van der Waals surface area (Å²) in [6.07, 6.45) is 1.16. The van der Waals surface area contributed by atoms with E-state index in [2.05, 4.69) is 0 Å². The lowest BCUT2D eigenvalue weighted by Crippen LogP contribution is -2.24. The normalized spacial score (nSPS) is 11.3. The Morgan fingerprint density at radius 3 is 2.28 bits per heavy atom. The van der Waals surface area contributed by atoms with E-state index in [1.807, 2.05) is 63.2 Å². The molecule has 5 heteroatoms. The Bertz CT molecular complexity index is 839. The fourth-order valence-corrected chi connectivity index (χ4v) is 3.77. The summed E-state index contributed by atoms with van der Waals surface area (Å²) in [4.78, 5) is 12.1. The molecule has 2 rings (SSSR count). The Morgan fingerprint density at radius 1 is 0.960 bits per heavy atom. The lowest BCUT2D eigenvalue weighted by Gasteiger charge is -2.12. The van der Waals surface area contributed by atoms with Gasteiger partial charge in [-0.05, 0) is 55.9 Å². The van der Waals surface area contributed by atoms with Crippen molar-refractivity contribution < 1.29 is 17.9 Å². The smallest absolute Gasteiger partial charge is 0.326 e. The van der Waals surface area contributed by atoms with Crippen LogP contribution in [0.1, 0.15) is 28.7 Å². The molecule has 0 aromatic heterocycles. The highest BCUT2D eigenvalue weighted by Gasteiger charge is 2.20. The zero-order valence-corrected chi connectivity index (χ0v) is 15.7. The van der Waals surface area contributed by atoms with E-state index >= 15 is 0 Å². The Labute approximate surface area is 149 Å². The van der Waals surface area contributed by atoms with Gasteiger partial charge in [0, 0.05) is 0 Å². The zero-order valence-electron chi connectivity index (χ0n) is 14.9. The van der Waals surface area contributed by atoms with E-state index in [1.54, 1.807) is 0 Å². The summed E-state index contributed by atoms with van der Waals surface area (Å²) in [6, 6.07) is 13.5. The van der Waals surface area contributed by atoms with E-state index < -0.39 is 21.6 Å². The second kappa shape index (κ2) is 8.30. The van der Waals surface area contributed by atoms with Gasteiger partial charge in [-0.2, -0.15) is 0 Å². The van der Waals surface area contributed by atoms with E-state index in [-0.39, 0.29) is 5.75 Å². The van der Waals surface area contributed by atoms with Crippen molar-refractivity contribution in [1.82, 2.24) is 0 Å². The van der Waals surface area contributed by atoms with Gasteiger partial charge in [-0.15, -0.1) is 0 Å². The molecule has 0 aliphatic heterocycles. The quantitative estimate of drug-likeness (QED) is 0.559. The SMILES string of the molecule is Cc1ccc(C)c(OC(=O)CS(=O)(=O)CCCc2ccccc2)c1C. The first-order valence-corrected chi connectivity index (χ1v) is 10.1. The molecule has 0 aliphatic carbocycles. The van der Waals surface area contributed by atoms with Gasteiger partial charge in [-0.25, -0.2) is 8.42 Å². The Kier molecular flexibility index (Phi) is 6.37. The molecule has 0 heterocycles. The van der Waals surface area contributed by atoms with Gasteiger partial charge in [0.2, 0.25) is 0 Å². The minimum Gasteiger partial charge on any atom is -0.425 e. The van der Waals surface area contributed by atoms with Crippen molar-refractivity contribution in [3.05, 3.63) is 64.7 Å². The summed E-state index contributed by atoms with van der Waals surface area (Å²) in [5.41, 5.74) is 3.76. The van der Waals surface area contributed by atoms with Gasteiger partial charge in [-0.1, -0.05) is 42.5 Å². The summed E-state index contributed by atoms with van der Waals surface area (Å²) >= 11 is 0. The molecule has 0 atom stereocenters. The number of hydrogen-bond acceptors (Lipinski definition) is 4. The number of ether oxygens (including phenoxy) is 1. The van der Waals surface area contributed by atoms with Crippen LogP contribution in [0.5, 0.6) is 5.75 Å². The van der Waals surface area contributed by atoms with E-state index in [9.17, 15) is 13.2 Å². The number of hydrogen-bond donors (Lipinski definition) is 0. The largest absolute Gasteiger partial charge is 0.425 e. The number of benzene rings is 2. The van der Waals surface area contributed by atoms with E-state index in [4.69, 9.17) is 4.74 Å². The molecule has 0 amide bonds. The molecule has 2 aromatic rings. The highest BCUT2D eigenvalue weighted by Crippen LogP contribution is 2.25. The number of carbonyl (C=O) groups is 1. The lowest BCUT2D eigenvalue weighted by molar-refractivity contribution is -0.131. The third-order valence-electron chi connectivity index (χ3n) is 4.19. The van der Waals surface area contributed by atoms with Gasteiger partial charge in [0.1, 0.15) is 11.5 Å². The van der Waals surface area contributed by atoms with Crippen LogP contribution in [0.25, 0.3) is 0 Å². The van der Waals surface area contributed by atoms with Crippen molar-refractivity contribution in [2.45, 2.75) is 33.6 Å². The van der Waals surface area contributed by atoms with Gasteiger partial charge in [0.25, 0.3) is 0 Å². The summed E-state index contributed by atoms with van der Waals surface area (Å²) in [5.74, 6) is -0.877. The van der Waals surface area contributed by atoms with Crippen LogP contribution < -0.4 is 4.74 Å².